The topological polar surface area (TPSA) is 47.3 Å². The fraction of sp³-hybridized carbons (Fsp3) is 0.100. The second-order valence-corrected chi connectivity index (χ2v) is 2.82. The summed E-state index contributed by atoms with van der Waals surface area (Å²) in [6, 6.07) is 5.13. The Balaban J connectivity index is 2.46. The Morgan fingerprint density at radius 3 is 2.86 bits per heavy atom. The molecule has 1 aromatic heterocycles. The van der Waals surface area contributed by atoms with Crippen LogP contribution in [0.1, 0.15) is 0 Å². The molecule has 0 radical (unpaired) electrons. The molecule has 72 valence electrons. The summed E-state index contributed by atoms with van der Waals surface area (Å²) in [7, 11) is 1.56. The van der Waals surface area contributed by atoms with Gasteiger partial charge < -0.3 is 14.4 Å². The summed E-state index contributed by atoms with van der Waals surface area (Å²) in [6.45, 7) is 0. The van der Waals surface area contributed by atoms with Gasteiger partial charge in [0.2, 0.25) is 0 Å². The third kappa shape index (κ3) is 1.42. The van der Waals surface area contributed by atoms with Crippen LogP contribution in [-0.2, 0) is 0 Å². The average Bonchev–Trinajstić information content (AvgIpc) is 2.70. The van der Waals surface area contributed by atoms with E-state index in [0.717, 1.165) is 0 Å². The number of phenolic OH excluding ortho intramolecular Hbond substituents is 1. The molecule has 0 saturated heterocycles. The van der Waals surface area contributed by atoms with Gasteiger partial charge in [0.05, 0.1) is 19.1 Å². The molecule has 0 aliphatic heterocycles. The number of phenols is 1. The molecule has 0 bridgehead atoms. The number of nitrogens with zero attached hydrogens (tertiary/aromatic N) is 2. The first-order valence-electron chi connectivity index (χ1n) is 4.16. The minimum absolute atomic E-state index is 0.169. The first-order valence-corrected chi connectivity index (χ1v) is 4.16. The molecule has 0 unspecified atom stereocenters. The van der Waals surface area contributed by atoms with Crippen LogP contribution < -0.4 is 4.74 Å². The normalized spacial score (nSPS) is 10.1. The highest BCUT2D eigenvalue weighted by Gasteiger charge is 2.03. The molecule has 4 heteroatoms. The molecule has 0 spiro atoms. The van der Waals surface area contributed by atoms with Gasteiger partial charge in [-0.3, -0.25) is 0 Å². The Morgan fingerprint density at radius 2 is 2.29 bits per heavy atom. The fourth-order valence-electron chi connectivity index (χ4n) is 1.25. The molecule has 2 rings (SSSR count). The van der Waals surface area contributed by atoms with Gasteiger partial charge in [-0.15, -0.1) is 0 Å². The maximum Gasteiger partial charge on any atom is 0.143 e. The number of rotatable bonds is 2. The van der Waals surface area contributed by atoms with E-state index in [1.165, 1.54) is 0 Å². The van der Waals surface area contributed by atoms with E-state index in [2.05, 4.69) is 4.98 Å². The molecule has 1 N–H and O–H groups in total. The van der Waals surface area contributed by atoms with Gasteiger partial charge in [0.25, 0.3) is 0 Å². The molecule has 0 fully saturated rings. The molecular formula is C10H10N2O2. The van der Waals surface area contributed by atoms with Crippen molar-refractivity contribution in [2.75, 3.05) is 7.11 Å². The van der Waals surface area contributed by atoms with E-state index in [-0.39, 0.29) is 5.75 Å². The van der Waals surface area contributed by atoms with Crippen molar-refractivity contribution in [1.29, 1.82) is 0 Å². The molecule has 1 aromatic carbocycles. The molecule has 0 amide bonds. The largest absolute Gasteiger partial charge is 0.506 e. The first kappa shape index (κ1) is 8.62. The lowest BCUT2D eigenvalue weighted by Crippen LogP contribution is -1.91. The van der Waals surface area contributed by atoms with Crippen LogP contribution >= 0.6 is 0 Å². The zero-order chi connectivity index (χ0) is 9.97. The second-order valence-electron chi connectivity index (χ2n) is 2.82. The number of imidazole rings is 1. The van der Waals surface area contributed by atoms with Gasteiger partial charge in [-0.25, -0.2) is 4.98 Å². The van der Waals surface area contributed by atoms with Gasteiger partial charge in [-0.1, -0.05) is 0 Å². The molecule has 0 atom stereocenters. The van der Waals surface area contributed by atoms with Crippen molar-refractivity contribution in [3.05, 3.63) is 36.9 Å². The highest BCUT2D eigenvalue weighted by Crippen LogP contribution is 2.26. The van der Waals surface area contributed by atoms with Crippen LogP contribution in [0.3, 0.4) is 0 Å². The van der Waals surface area contributed by atoms with Crippen molar-refractivity contribution >= 4 is 0 Å². The van der Waals surface area contributed by atoms with Crippen LogP contribution in [0.5, 0.6) is 11.5 Å². The van der Waals surface area contributed by atoms with Gasteiger partial charge in [-0.2, -0.15) is 0 Å². The molecule has 0 aliphatic carbocycles. The lowest BCUT2D eigenvalue weighted by atomic mass is 10.2. The number of aromatic hydroxyl groups is 1. The van der Waals surface area contributed by atoms with E-state index in [4.69, 9.17) is 4.74 Å². The third-order valence-electron chi connectivity index (χ3n) is 1.97. The lowest BCUT2D eigenvalue weighted by molar-refractivity contribution is 0.407. The summed E-state index contributed by atoms with van der Waals surface area (Å²) >= 11 is 0. The molecule has 14 heavy (non-hydrogen) atoms. The van der Waals surface area contributed by atoms with Crippen LogP contribution in [0.15, 0.2) is 36.9 Å². The molecule has 4 nitrogen and oxygen atoms in total. The predicted octanol–water partition coefficient (Wildman–Crippen LogP) is 1.59. The van der Waals surface area contributed by atoms with E-state index in [0.29, 0.717) is 11.4 Å². The fourth-order valence-corrected chi connectivity index (χ4v) is 1.25. The maximum absolute atomic E-state index is 9.67. The van der Waals surface area contributed by atoms with E-state index in [1.54, 1.807) is 48.6 Å². The van der Waals surface area contributed by atoms with Crippen molar-refractivity contribution in [1.82, 2.24) is 9.55 Å². The highest BCUT2D eigenvalue weighted by atomic mass is 16.5. The van der Waals surface area contributed by atoms with E-state index < -0.39 is 0 Å². The zero-order valence-electron chi connectivity index (χ0n) is 7.71. The Hall–Kier alpha value is -1.97. The van der Waals surface area contributed by atoms with Crippen LogP contribution in [-0.4, -0.2) is 21.8 Å². The number of methoxy groups -OCH3 is 1. The Morgan fingerprint density at radius 1 is 1.43 bits per heavy atom. The van der Waals surface area contributed by atoms with Crippen LogP contribution in [0, 0.1) is 0 Å². The van der Waals surface area contributed by atoms with Crippen molar-refractivity contribution in [3.63, 3.8) is 0 Å². The number of hydrogen-bond acceptors (Lipinski definition) is 3. The quantitative estimate of drug-likeness (QED) is 0.782. The lowest BCUT2D eigenvalue weighted by Gasteiger charge is -2.06. The Kier molecular flexibility index (Phi) is 2.10. The monoisotopic (exact) mass is 190 g/mol. The van der Waals surface area contributed by atoms with E-state index in [1.807, 2.05) is 0 Å². The third-order valence-corrected chi connectivity index (χ3v) is 1.97. The minimum Gasteiger partial charge on any atom is -0.506 e. The van der Waals surface area contributed by atoms with Crippen molar-refractivity contribution in [2.45, 2.75) is 0 Å². The maximum atomic E-state index is 9.67. The van der Waals surface area contributed by atoms with Crippen molar-refractivity contribution < 1.29 is 9.84 Å². The summed E-state index contributed by atoms with van der Waals surface area (Å²) in [5, 5.41) is 9.67. The Labute approximate surface area is 81.4 Å². The zero-order valence-corrected chi connectivity index (χ0v) is 7.71. The van der Waals surface area contributed by atoms with Crippen molar-refractivity contribution in [3.8, 4) is 17.2 Å². The smallest absolute Gasteiger partial charge is 0.143 e. The number of ether oxygens (including phenoxy) is 1. The molecular weight excluding hydrogens is 180 g/mol. The van der Waals surface area contributed by atoms with Gasteiger partial charge >= 0.3 is 0 Å². The van der Waals surface area contributed by atoms with E-state index >= 15 is 0 Å². The standard InChI is InChI=1S/C10H10N2O2/c1-14-8-2-3-9(10(13)6-8)12-5-4-11-7-12/h2-7,13H,1H3. The first-order chi connectivity index (χ1) is 6.81. The van der Waals surface area contributed by atoms with Gasteiger partial charge in [0.15, 0.2) is 0 Å². The van der Waals surface area contributed by atoms with Crippen LogP contribution in [0.4, 0.5) is 0 Å². The number of aromatic nitrogens is 2. The van der Waals surface area contributed by atoms with Crippen LogP contribution in [0.25, 0.3) is 5.69 Å². The summed E-state index contributed by atoms with van der Waals surface area (Å²) in [4.78, 5) is 3.90. The SMILES string of the molecule is COc1ccc(-n2ccnc2)c(O)c1. The van der Waals surface area contributed by atoms with Gasteiger partial charge in [0, 0.05) is 18.5 Å². The summed E-state index contributed by atoms with van der Waals surface area (Å²) in [5.74, 6) is 0.800. The van der Waals surface area contributed by atoms with E-state index in [9.17, 15) is 5.11 Å². The molecule has 2 aromatic rings. The Bertz CT molecular complexity index is 424. The molecule has 0 saturated carbocycles. The minimum atomic E-state index is 0.169. The van der Waals surface area contributed by atoms with Crippen molar-refractivity contribution in [2.24, 2.45) is 0 Å². The van der Waals surface area contributed by atoms with Gasteiger partial charge in [-0.05, 0) is 12.1 Å². The highest BCUT2D eigenvalue weighted by molar-refractivity contribution is 5.49. The van der Waals surface area contributed by atoms with Crippen LogP contribution in [0.2, 0.25) is 0 Å². The summed E-state index contributed by atoms with van der Waals surface area (Å²) in [5.41, 5.74) is 0.684. The summed E-state index contributed by atoms with van der Waals surface area (Å²) < 4.78 is 6.71. The predicted molar refractivity (Wildman–Crippen MR) is 51.8 cm³/mol. The second kappa shape index (κ2) is 3.41. The average molecular weight is 190 g/mol. The van der Waals surface area contributed by atoms with Gasteiger partial charge in [0.1, 0.15) is 11.5 Å². The number of benzene rings is 1. The molecule has 0 aliphatic rings. The molecule has 1 heterocycles. The number of hydrogen-bond donors (Lipinski definition) is 1. The summed E-state index contributed by atoms with van der Waals surface area (Å²) in [6.07, 6.45) is 5.05.